The summed E-state index contributed by atoms with van der Waals surface area (Å²) in [7, 11) is 3.50. The molecule has 2 heterocycles. The maximum absolute atomic E-state index is 12.9. The third-order valence-corrected chi connectivity index (χ3v) is 4.92. The van der Waals surface area contributed by atoms with Crippen molar-refractivity contribution in [1.29, 1.82) is 0 Å². The van der Waals surface area contributed by atoms with Crippen molar-refractivity contribution in [2.45, 2.75) is 6.54 Å². The zero-order valence-corrected chi connectivity index (χ0v) is 16.1. The molecular weight excluding hydrogens is 368 g/mol. The zero-order valence-electron chi connectivity index (χ0n) is 16.1. The van der Waals surface area contributed by atoms with Crippen LogP contribution in [0.1, 0.15) is 16.1 Å². The molecule has 0 aliphatic heterocycles. The van der Waals surface area contributed by atoms with E-state index >= 15 is 0 Å². The van der Waals surface area contributed by atoms with Crippen molar-refractivity contribution in [1.82, 2.24) is 20.0 Å². The number of benzene rings is 2. The first-order chi connectivity index (χ1) is 14.0. The minimum Gasteiger partial charge on any atom is -0.325 e. The Morgan fingerprint density at radius 3 is 2.66 bits per heavy atom. The lowest BCUT2D eigenvalue weighted by atomic mass is 10.0. The molecule has 0 fully saturated rings. The second-order valence-corrected chi connectivity index (χ2v) is 6.70. The van der Waals surface area contributed by atoms with Crippen molar-refractivity contribution < 1.29 is 4.79 Å². The molecule has 8 nitrogen and oxygen atoms in total. The molecule has 3 N–H and O–H groups in total. The molecule has 0 saturated heterocycles. The number of hydrogen-bond donors (Lipinski definition) is 2. The van der Waals surface area contributed by atoms with Gasteiger partial charge in [-0.2, -0.15) is 10.2 Å². The molecule has 0 aliphatic rings. The predicted molar refractivity (Wildman–Crippen MR) is 112 cm³/mol. The van der Waals surface area contributed by atoms with E-state index < -0.39 is 0 Å². The van der Waals surface area contributed by atoms with Gasteiger partial charge >= 0.3 is 0 Å². The van der Waals surface area contributed by atoms with Gasteiger partial charge in [0.25, 0.3) is 11.5 Å². The lowest BCUT2D eigenvalue weighted by Gasteiger charge is -2.19. The van der Waals surface area contributed by atoms with E-state index in [4.69, 9.17) is 5.73 Å². The van der Waals surface area contributed by atoms with Crippen molar-refractivity contribution in [2.75, 3.05) is 11.9 Å². The number of carbonyl (C=O) groups excluding carboxylic acids is 1. The van der Waals surface area contributed by atoms with Crippen LogP contribution in [0.2, 0.25) is 0 Å². The Kier molecular flexibility index (Phi) is 4.69. The molecule has 0 atom stereocenters. The summed E-state index contributed by atoms with van der Waals surface area (Å²) in [6.07, 6.45) is 1.70. The molecule has 29 heavy (non-hydrogen) atoms. The molecule has 2 aromatic heterocycles. The van der Waals surface area contributed by atoms with Crippen LogP contribution in [-0.4, -0.2) is 32.9 Å². The van der Waals surface area contributed by atoms with Gasteiger partial charge in [-0.15, -0.1) is 0 Å². The Morgan fingerprint density at radius 2 is 1.93 bits per heavy atom. The average Bonchev–Trinajstić information content (AvgIpc) is 3.14. The Balaban J connectivity index is 1.84. The largest absolute Gasteiger partial charge is 0.325 e. The summed E-state index contributed by atoms with van der Waals surface area (Å²) in [4.78, 5) is 26.6. The average molecular weight is 388 g/mol. The molecule has 4 aromatic rings. The normalized spacial score (nSPS) is 11.0. The highest BCUT2D eigenvalue weighted by atomic mass is 16.2. The molecule has 1 amide bonds. The summed E-state index contributed by atoms with van der Waals surface area (Å²) >= 11 is 0. The molecule has 146 valence electrons. The van der Waals surface area contributed by atoms with Gasteiger partial charge in [-0.05, 0) is 29.8 Å². The van der Waals surface area contributed by atoms with Gasteiger partial charge in [0.1, 0.15) is 5.82 Å². The second kappa shape index (κ2) is 7.33. The minimum atomic E-state index is -0.272. The van der Waals surface area contributed by atoms with Crippen LogP contribution in [0.25, 0.3) is 21.9 Å². The topological polar surface area (TPSA) is 110 Å². The minimum absolute atomic E-state index is 0.142. The van der Waals surface area contributed by atoms with Gasteiger partial charge in [0.2, 0.25) is 0 Å². The van der Waals surface area contributed by atoms with Gasteiger partial charge in [-0.1, -0.05) is 24.3 Å². The summed E-state index contributed by atoms with van der Waals surface area (Å²) in [6.45, 7) is 0.197. The van der Waals surface area contributed by atoms with E-state index in [0.29, 0.717) is 27.8 Å². The molecule has 0 bridgehead atoms. The van der Waals surface area contributed by atoms with E-state index in [1.807, 2.05) is 30.3 Å². The zero-order chi connectivity index (χ0) is 20.5. The van der Waals surface area contributed by atoms with Crippen molar-refractivity contribution in [3.8, 4) is 11.1 Å². The monoisotopic (exact) mass is 388 g/mol. The third kappa shape index (κ3) is 3.19. The number of H-pyrrole nitrogens is 1. The number of hydrogen-bond acceptors (Lipinski definition) is 5. The number of nitrogens with zero attached hydrogens (tertiary/aromatic N) is 4. The van der Waals surface area contributed by atoms with E-state index in [2.05, 4.69) is 15.3 Å². The van der Waals surface area contributed by atoms with Crippen molar-refractivity contribution in [3.05, 3.63) is 76.3 Å². The molecule has 0 unspecified atom stereocenters. The number of anilines is 1. The maximum atomic E-state index is 12.9. The van der Waals surface area contributed by atoms with Crippen LogP contribution < -0.4 is 16.2 Å². The number of nitrogens with one attached hydrogen (secondary N) is 1. The van der Waals surface area contributed by atoms with E-state index in [1.54, 1.807) is 48.1 Å². The van der Waals surface area contributed by atoms with Crippen molar-refractivity contribution in [2.24, 2.45) is 12.8 Å². The van der Waals surface area contributed by atoms with Crippen LogP contribution in [0.3, 0.4) is 0 Å². The predicted octanol–water partition coefficient (Wildman–Crippen LogP) is 2.06. The Hall–Kier alpha value is -3.78. The van der Waals surface area contributed by atoms with Gasteiger partial charge in [-0.25, -0.2) is 5.10 Å². The van der Waals surface area contributed by atoms with Crippen molar-refractivity contribution >= 4 is 22.5 Å². The summed E-state index contributed by atoms with van der Waals surface area (Å²) in [5.74, 6) is 0.502. The van der Waals surface area contributed by atoms with Crippen LogP contribution in [0, 0.1) is 0 Å². The third-order valence-electron chi connectivity index (χ3n) is 4.92. The van der Waals surface area contributed by atoms with E-state index in [0.717, 1.165) is 11.1 Å². The SMILES string of the molecule is CN(C(=O)c1ccccc1)c1c(-c2ccc3c(=O)[nH]nc(CN)c3c2)cnn1C. The van der Waals surface area contributed by atoms with Crippen LogP contribution in [0.15, 0.2) is 59.5 Å². The molecule has 0 spiro atoms. The fourth-order valence-corrected chi connectivity index (χ4v) is 3.45. The first-order valence-electron chi connectivity index (χ1n) is 9.08. The van der Waals surface area contributed by atoms with E-state index in [-0.39, 0.29) is 18.0 Å². The molecule has 4 rings (SSSR count). The maximum Gasteiger partial charge on any atom is 0.272 e. The van der Waals surface area contributed by atoms with Gasteiger partial charge in [-0.3, -0.25) is 19.2 Å². The van der Waals surface area contributed by atoms with E-state index in [1.165, 1.54) is 0 Å². The highest BCUT2D eigenvalue weighted by Gasteiger charge is 2.21. The van der Waals surface area contributed by atoms with Crippen LogP contribution >= 0.6 is 0 Å². The smallest absolute Gasteiger partial charge is 0.272 e. The van der Waals surface area contributed by atoms with Crippen LogP contribution in [-0.2, 0) is 13.6 Å². The first kappa shape index (κ1) is 18.6. The van der Waals surface area contributed by atoms with Crippen LogP contribution in [0.5, 0.6) is 0 Å². The molecule has 0 radical (unpaired) electrons. The molecular formula is C21H20N6O2. The van der Waals surface area contributed by atoms with E-state index in [9.17, 15) is 9.59 Å². The number of nitrogens with two attached hydrogens (primary N) is 1. The first-order valence-corrected chi connectivity index (χ1v) is 9.08. The van der Waals surface area contributed by atoms with Gasteiger partial charge in [0.05, 0.1) is 17.3 Å². The number of rotatable bonds is 4. The lowest BCUT2D eigenvalue weighted by Crippen LogP contribution is -2.28. The molecule has 0 aliphatic carbocycles. The number of amides is 1. The quantitative estimate of drug-likeness (QED) is 0.556. The fraction of sp³-hybridized carbons (Fsp3) is 0.143. The van der Waals surface area contributed by atoms with Gasteiger partial charge in [0, 0.05) is 37.2 Å². The molecule has 8 heteroatoms. The second-order valence-electron chi connectivity index (χ2n) is 6.70. The summed E-state index contributed by atoms with van der Waals surface area (Å²) in [5, 5.41) is 12.1. The number of fused-ring (bicyclic) bond motifs is 1. The Labute approximate surface area is 166 Å². The van der Waals surface area contributed by atoms with Gasteiger partial charge in [0.15, 0.2) is 0 Å². The number of aromatic amines is 1. The fourth-order valence-electron chi connectivity index (χ4n) is 3.45. The number of aryl methyl sites for hydroxylation is 1. The summed E-state index contributed by atoms with van der Waals surface area (Å²) in [6, 6.07) is 14.5. The Morgan fingerprint density at radius 1 is 1.17 bits per heavy atom. The van der Waals surface area contributed by atoms with Gasteiger partial charge < -0.3 is 5.73 Å². The van der Waals surface area contributed by atoms with Crippen molar-refractivity contribution in [3.63, 3.8) is 0 Å². The highest BCUT2D eigenvalue weighted by molar-refractivity contribution is 6.07. The number of aromatic nitrogens is 4. The van der Waals surface area contributed by atoms with Crippen LogP contribution in [0.4, 0.5) is 5.82 Å². The lowest BCUT2D eigenvalue weighted by molar-refractivity contribution is 0.0991. The summed E-state index contributed by atoms with van der Waals surface area (Å²) < 4.78 is 1.65. The molecule has 0 saturated carbocycles. The standard InChI is InChI=1S/C21H20N6O2/c1-26(21(29)13-6-4-3-5-7-13)20-17(12-23-27(20)2)14-8-9-15-16(10-14)18(11-22)24-25-19(15)28/h3-10,12H,11,22H2,1-2H3,(H,25,28). The Bertz CT molecular complexity index is 1260. The molecule has 2 aromatic carbocycles. The summed E-state index contributed by atoms with van der Waals surface area (Å²) in [5.41, 5.74) is 8.28. The highest BCUT2D eigenvalue weighted by Crippen LogP contribution is 2.32. The number of carbonyl (C=O) groups is 1.